The summed E-state index contributed by atoms with van der Waals surface area (Å²) in [4.78, 5) is 15.8. The molecule has 3 aromatic carbocycles. The number of amides is 1. The minimum atomic E-state index is -3.82. The van der Waals surface area contributed by atoms with Gasteiger partial charge in [-0.2, -0.15) is 0 Å². The largest absolute Gasteiger partial charge is 0.339 e. The third-order valence-electron chi connectivity index (χ3n) is 5.36. The van der Waals surface area contributed by atoms with Crippen LogP contribution in [0.2, 0.25) is 0 Å². The number of nitrogens with zero attached hydrogens (tertiary/aromatic N) is 1. The van der Waals surface area contributed by atoms with E-state index in [0.29, 0.717) is 11.3 Å². The van der Waals surface area contributed by atoms with Crippen LogP contribution in [0.25, 0.3) is 10.8 Å². The number of anilines is 1. The van der Waals surface area contributed by atoms with Gasteiger partial charge in [-0.05, 0) is 66.6 Å². The van der Waals surface area contributed by atoms with Crippen LogP contribution in [0.3, 0.4) is 0 Å². The molecule has 1 saturated heterocycles. The van der Waals surface area contributed by atoms with Crippen LogP contribution in [-0.2, 0) is 10.0 Å². The molecular weight excluding hydrogens is 416 g/mol. The highest BCUT2D eigenvalue weighted by atomic mass is 32.2. The van der Waals surface area contributed by atoms with Crippen LogP contribution in [0.15, 0.2) is 70.5 Å². The van der Waals surface area contributed by atoms with E-state index in [0.717, 1.165) is 48.0 Å². The summed E-state index contributed by atoms with van der Waals surface area (Å²) < 4.78 is 28.7. The molecule has 1 fully saturated rings. The smallest absolute Gasteiger partial charge is 0.261 e. The van der Waals surface area contributed by atoms with Crippen molar-refractivity contribution in [2.75, 3.05) is 24.1 Å². The van der Waals surface area contributed by atoms with Gasteiger partial charge in [0.25, 0.3) is 15.9 Å². The van der Waals surface area contributed by atoms with Crippen molar-refractivity contribution in [3.8, 4) is 0 Å². The molecule has 0 saturated carbocycles. The van der Waals surface area contributed by atoms with E-state index >= 15 is 0 Å². The number of fused-ring (bicyclic) bond motifs is 1. The van der Waals surface area contributed by atoms with Crippen molar-refractivity contribution in [2.45, 2.75) is 29.1 Å². The topological polar surface area (TPSA) is 66.5 Å². The molecule has 1 heterocycles. The van der Waals surface area contributed by atoms with Crippen molar-refractivity contribution >= 4 is 44.2 Å². The minimum Gasteiger partial charge on any atom is -0.339 e. The van der Waals surface area contributed by atoms with E-state index in [1.54, 1.807) is 18.2 Å². The van der Waals surface area contributed by atoms with Gasteiger partial charge in [-0.15, -0.1) is 11.8 Å². The Balaban J connectivity index is 1.65. The van der Waals surface area contributed by atoms with Gasteiger partial charge in [-0.25, -0.2) is 8.42 Å². The van der Waals surface area contributed by atoms with Gasteiger partial charge in [0.05, 0.1) is 10.5 Å². The molecule has 0 bridgehead atoms. The Morgan fingerprint density at radius 3 is 2.40 bits per heavy atom. The van der Waals surface area contributed by atoms with E-state index in [1.165, 1.54) is 17.8 Å². The van der Waals surface area contributed by atoms with Crippen LogP contribution in [0.5, 0.6) is 0 Å². The minimum absolute atomic E-state index is 0.0915. The lowest BCUT2D eigenvalue weighted by atomic mass is 10.1. The number of carbonyl (C=O) groups is 1. The zero-order chi connectivity index (χ0) is 21.1. The Morgan fingerprint density at radius 2 is 1.67 bits per heavy atom. The van der Waals surface area contributed by atoms with E-state index < -0.39 is 10.0 Å². The van der Waals surface area contributed by atoms with Gasteiger partial charge in [0, 0.05) is 23.7 Å². The van der Waals surface area contributed by atoms with Crippen LogP contribution >= 0.6 is 11.8 Å². The molecule has 4 rings (SSSR count). The van der Waals surface area contributed by atoms with Gasteiger partial charge in [0.2, 0.25) is 0 Å². The number of thioether (sulfide) groups is 1. The Hall–Kier alpha value is -2.51. The van der Waals surface area contributed by atoms with E-state index in [1.807, 2.05) is 47.6 Å². The van der Waals surface area contributed by atoms with Crippen LogP contribution in [0.1, 0.15) is 29.6 Å². The van der Waals surface area contributed by atoms with Gasteiger partial charge in [0.15, 0.2) is 0 Å². The quantitative estimate of drug-likeness (QED) is 0.568. The molecule has 0 radical (unpaired) electrons. The maximum atomic E-state index is 13.1. The van der Waals surface area contributed by atoms with Crippen molar-refractivity contribution in [1.29, 1.82) is 0 Å². The lowest BCUT2D eigenvalue weighted by molar-refractivity contribution is 0.0720. The standard InChI is InChI=1S/C23H24N2O3S2/c1-29-22-12-11-20(16-21(22)23(26)25-13-5-2-6-14-25)30(27,28)24-19-10-9-17-7-3-4-8-18(17)15-19/h3-4,7-12,15-16,24H,2,5-6,13-14H2,1H3. The maximum absolute atomic E-state index is 13.1. The monoisotopic (exact) mass is 440 g/mol. The van der Waals surface area contributed by atoms with Gasteiger partial charge in [-0.1, -0.05) is 30.3 Å². The second kappa shape index (κ2) is 8.70. The summed E-state index contributed by atoms with van der Waals surface area (Å²) in [5.74, 6) is -0.0956. The number of hydrogen-bond acceptors (Lipinski definition) is 4. The highest BCUT2D eigenvalue weighted by Crippen LogP contribution is 2.28. The fraction of sp³-hybridized carbons (Fsp3) is 0.261. The number of nitrogens with one attached hydrogen (secondary N) is 1. The fourth-order valence-electron chi connectivity index (χ4n) is 3.76. The number of carbonyl (C=O) groups excluding carboxylic acids is 1. The maximum Gasteiger partial charge on any atom is 0.261 e. The molecule has 156 valence electrons. The highest BCUT2D eigenvalue weighted by Gasteiger charge is 2.24. The summed E-state index contributed by atoms with van der Waals surface area (Å²) >= 11 is 1.45. The summed E-state index contributed by atoms with van der Waals surface area (Å²) in [6.07, 6.45) is 5.00. The van der Waals surface area contributed by atoms with Crippen LogP contribution in [0.4, 0.5) is 5.69 Å². The predicted octanol–water partition coefficient (Wildman–Crippen LogP) is 4.99. The summed E-state index contributed by atoms with van der Waals surface area (Å²) in [6, 6.07) is 18.0. The SMILES string of the molecule is CSc1ccc(S(=O)(=O)Nc2ccc3ccccc3c2)cc1C(=O)N1CCCCC1. The van der Waals surface area contributed by atoms with Crippen molar-refractivity contribution < 1.29 is 13.2 Å². The fourth-order valence-corrected chi connectivity index (χ4v) is 5.40. The van der Waals surface area contributed by atoms with Crippen LogP contribution in [0, 0.1) is 0 Å². The van der Waals surface area contributed by atoms with Gasteiger partial charge in [-0.3, -0.25) is 9.52 Å². The second-order valence-electron chi connectivity index (χ2n) is 7.38. The average Bonchev–Trinajstić information content (AvgIpc) is 2.78. The first-order valence-electron chi connectivity index (χ1n) is 9.97. The zero-order valence-corrected chi connectivity index (χ0v) is 18.4. The summed E-state index contributed by atoms with van der Waals surface area (Å²) in [6.45, 7) is 1.44. The Kier molecular flexibility index (Phi) is 6.01. The number of sulfonamides is 1. The molecule has 7 heteroatoms. The van der Waals surface area contributed by atoms with E-state index in [2.05, 4.69) is 4.72 Å². The summed E-state index contributed by atoms with van der Waals surface area (Å²) in [7, 11) is -3.82. The van der Waals surface area contributed by atoms with Crippen molar-refractivity contribution in [2.24, 2.45) is 0 Å². The number of hydrogen-bond donors (Lipinski definition) is 1. The normalized spacial score (nSPS) is 14.6. The first-order valence-corrected chi connectivity index (χ1v) is 12.7. The molecule has 1 N–H and O–H groups in total. The zero-order valence-electron chi connectivity index (χ0n) is 16.8. The van der Waals surface area contributed by atoms with Crippen molar-refractivity contribution in [1.82, 2.24) is 4.90 Å². The molecule has 30 heavy (non-hydrogen) atoms. The second-order valence-corrected chi connectivity index (χ2v) is 9.91. The first-order chi connectivity index (χ1) is 14.5. The van der Waals surface area contributed by atoms with E-state index in [-0.39, 0.29) is 10.8 Å². The molecule has 5 nitrogen and oxygen atoms in total. The van der Waals surface area contributed by atoms with Crippen molar-refractivity contribution in [3.05, 3.63) is 66.2 Å². The third kappa shape index (κ3) is 4.32. The average molecular weight is 441 g/mol. The van der Waals surface area contributed by atoms with Crippen LogP contribution < -0.4 is 4.72 Å². The molecule has 3 aromatic rings. The van der Waals surface area contributed by atoms with Gasteiger partial charge in [0.1, 0.15) is 0 Å². The van der Waals surface area contributed by atoms with E-state index in [4.69, 9.17) is 0 Å². The first kappa shape index (κ1) is 20.8. The molecule has 0 unspecified atom stereocenters. The molecule has 0 aromatic heterocycles. The lowest BCUT2D eigenvalue weighted by Gasteiger charge is -2.27. The number of piperidine rings is 1. The van der Waals surface area contributed by atoms with Gasteiger partial charge < -0.3 is 4.90 Å². The van der Waals surface area contributed by atoms with Crippen LogP contribution in [-0.4, -0.2) is 38.6 Å². The lowest BCUT2D eigenvalue weighted by Crippen LogP contribution is -2.36. The molecule has 1 aliphatic heterocycles. The number of rotatable bonds is 5. The highest BCUT2D eigenvalue weighted by molar-refractivity contribution is 7.98. The molecule has 0 spiro atoms. The molecular formula is C23H24N2O3S2. The molecule has 1 amide bonds. The molecule has 0 atom stereocenters. The summed E-state index contributed by atoms with van der Waals surface area (Å²) in [5, 5.41) is 2.00. The Bertz CT molecular complexity index is 1190. The summed E-state index contributed by atoms with van der Waals surface area (Å²) in [5.41, 5.74) is 0.942. The van der Waals surface area contributed by atoms with Crippen molar-refractivity contribution in [3.63, 3.8) is 0 Å². The number of likely N-dealkylation sites (tertiary alicyclic amines) is 1. The third-order valence-corrected chi connectivity index (χ3v) is 7.53. The molecule has 1 aliphatic rings. The number of benzene rings is 3. The van der Waals surface area contributed by atoms with E-state index in [9.17, 15) is 13.2 Å². The predicted molar refractivity (Wildman–Crippen MR) is 123 cm³/mol. The Labute approximate surface area is 181 Å². The Morgan fingerprint density at radius 1 is 0.933 bits per heavy atom. The van der Waals surface area contributed by atoms with Gasteiger partial charge >= 0.3 is 0 Å². The molecule has 0 aliphatic carbocycles.